The van der Waals surface area contributed by atoms with E-state index in [9.17, 15) is 9.59 Å². The summed E-state index contributed by atoms with van der Waals surface area (Å²) in [5, 5.41) is 4.91. The van der Waals surface area contributed by atoms with Gasteiger partial charge in [0.1, 0.15) is 6.04 Å². The quantitative estimate of drug-likeness (QED) is 0.271. The Hall–Kier alpha value is -3.81. The number of benzene rings is 3. The predicted octanol–water partition coefficient (Wildman–Crippen LogP) is 6.09. The van der Waals surface area contributed by atoms with Crippen LogP contribution in [0.3, 0.4) is 0 Å². The van der Waals surface area contributed by atoms with Crippen LogP contribution in [0.15, 0.2) is 79.0 Å². The van der Waals surface area contributed by atoms with Gasteiger partial charge in [-0.05, 0) is 86.1 Å². The fourth-order valence-electron chi connectivity index (χ4n) is 6.85. The van der Waals surface area contributed by atoms with Crippen LogP contribution < -0.4 is 10.2 Å². The SMILES string of the molecule is CN(C)C[C@@H]1Cc2cc(Cl)ccc2N(C(=O)[C@@H](Cc2c[nH]c3ccccc23)NC(=O)N2CCC(c3ccccc3)CC2)C1. The number of anilines is 1. The van der Waals surface area contributed by atoms with Gasteiger partial charge in [-0.2, -0.15) is 0 Å². The highest BCUT2D eigenvalue weighted by Gasteiger charge is 2.35. The molecular formula is C35H40ClN5O2. The van der Waals surface area contributed by atoms with Crippen LogP contribution in [0.4, 0.5) is 10.5 Å². The molecule has 4 aromatic rings. The molecule has 2 atom stereocenters. The standard InChI is InChI=1S/C35H40ClN5O2/c1-39(2)22-24-18-27-19-29(36)12-13-33(27)41(23-24)34(42)32(20-28-21-37-31-11-7-6-10-30(28)31)38-35(43)40-16-14-26(15-17-40)25-8-4-3-5-9-25/h3-13,19,21,24,26,32,37H,14-18,20,22-23H2,1-2H3,(H,38,43)/t24-,32+/m0/s1. The minimum atomic E-state index is -0.722. The Morgan fingerprint density at radius 2 is 1.77 bits per heavy atom. The number of urea groups is 1. The molecule has 7 nitrogen and oxygen atoms in total. The number of fused-ring (bicyclic) bond motifs is 2. The lowest BCUT2D eigenvalue weighted by Gasteiger charge is -2.38. The van der Waals surface area contributed by atoms with Gasteiger partial charge in [0.15, 0.2) is 0 Å². The first-order valence-corrected chi connectivity index (χ1v) is 15.6. The Morgan fingerprint density at radius 1 is 1.02 bits per heavy atom. The van der Waals surface area contributed by atoms with E-state index in [0.717, 1.165) is 53.5 Å². The molecule has 6 rings (SSSR count). The first-order chi connectivity index (χ1) is 20.9. The van der Waals surface area contributed by atoms with Crippen LogP contribution in [0, 0.1) is 5.92 Å². The van der Waals surface area contributed by atoms with Crippen molar-refractivity contribution in [3.63, 3.8) is 0 Å². The monoisotopic (exact) mass is 597 g/mol. The molecule has 0 aliphatic carbocycles. The molecule has 3 aromatic carbocycles. The Kier molecular flexibility index (Phi) is 8.73. The molecule has 2 aliphatic rings. The summed E-state index contributed by atoms with van der Waals surface area (Å²) in [5.74, 6) is 0.607. The van der Waals surface area contributed by atoms with E-state index in [0.29, 0.717) is 37.0 Å². The van der Waals surface area contributed by atoms with Crippen molar-refractivity contribution in [1.82, 2.24) is 20.1 Å². The van der Waals surface area contributed by atoms with E-state index in [1.807, 2.05) is 58.5 Å². The normalized spacial score (nSPS) is 18.1. The molecule has 1 fully saturated rings. The number of hydrogen-bond acceptors (Lipinski definition) is 3. The van der Waals surface area contributed by atoms with E-state index in [2.05, 4.69) is 59.6 Å². The van der Waals surface area contributed by atoms with Crippen LogP contribution in [0.1, 0.15) is 35.4 Å². The first kappa shape index (κ1) is 29.3. The summed E-state index contributed by atoms with van der Waals surface area (Å²) in [6.45, 7) is 2.77. The smallest absolute Gasteiger partial charge is 0.318 e. The minimum Gasteiger partial charge on any atom is -0.361 e. The molecule has 2 aliphatic heterocycles. The molecular weight excluding hydrogens is 558 g/mol. The van der Waals surface area contributed by atoms with Crippen LogP contribution >= 0.6 is 11.6 Å². The number of rotatable bonds is 7. The summed E-state index contributed by atoms with van der Waals surface area (Å²) in [7, 11) is 4.11. The lowest BCUT2D eigenvalue weighted by Crippen LogP contribution is -2.56. The van der Waals surface area contributed by atoms with E-state index in [1.165, 1.54) is 5.56 Å². The maximum absolute atomic E-state index is 14.5. The molecule has 0 unspecified atom stereocenters. The Morgan fingerprint density at radius 3 is 2.53 bits per heavy atom. The van der Waals surface area contributed by atoms with Gasteiger partial charge in [0.2, 0.25) is 5.91 Å². The number of H-pyrrole nitrogens is 1. The summed E-state index contributed by atoms with van der Waals surface area (Å²) in [6, 6.07) is 23.5. The fourth-order valence-corrected chi connectivity index (χ4v) is 7.05. The summed E-state index contributed by atoms with van der Waals surface area (Å²) in [6.07, 6.45) is 5.03. The number of hydrogen-bond donors (Lipinski definition) is 2. The van der Waals surface area contributed by atoms with E-state index < -0.39 is 6.04 Å². The Labute approximate surface area is 258 Å². The van der Waals surface area contributed by atoms with Gasteiger partial charge in [0, 0.05) is 60.4 Å². The van der Waals surface area contributed by atoms with Crippen molar-refractivity contribution < 1.29 is 9.59 Å². The number of amides is 3. The van der Waals surface area contributed by atoms with Crippen molar-refractivity contribution in [2.75, 3.05) is 45.2 Å². The molecule has 3 amide bonds. The number of carbonyl (C=O) groups excluding carboxylic acids is 2. The van der Waals surface area contributed by atoms with Gasteiger partial charge in [-0.3, -0.25) is 4.79 Å². The van der Waals surface area contributed by atoms with E-state index >= 15 is 0 Å². The zero-order chi connectivity index (χ0) is 29.9. The molecule has 8 heteroatoms. The average Bonchev–Trinajstić information content (AvgIpc) is 3.42. The van der Waals surface area contributed by atoms with Gasteiger partial charge < -0.3 is 25.0 Å². The number of halogens is 1. The number of para-hydroxylation sites is 1. The molecule has 1 saturated heterocycles. The lowest BCUT2D eigenvalue weighted by molar-refractivity contribution is -0.120. The van der Waals surface area contributed by atoms with E-state index in [-0.39, 0.29) is 17.9 Å². The third kappa shape index (κ3) is 6.58. The largest absolute Gasteiger partial charge is 0.361 e. The number of nitrogens with one attached hydrogen (secondary N) is 2. The summed E-state index contributed by atoms with van der Waals surface area (Å²) in [4.78, 5) is 37.5. The number of aromatic nitrogens is 1. The maximum Gasteiger partial charge on any atom is 0.318 e. The minimum absolute atomic E-state index is 0.0927. The molecule has 43 heavy (non-hydrogen) atoms. The van der Waals surface area contributed by atoms with Crippen LogP contribution in [0.5, 0.6) is 0 Å². The lowest BCUT2D eigenvalue weighted by atomic mass is 9.89. The van der Waals surface area contributed by atoms with Crippen LogP contribution in [0.25, 0.3) is 10.9 Å². The molecule has 2 N–H and O–H groups in total. The highest BCUT2D eigenvalue weighted by Crippen LogP contribution is 2.33. The van der Waals surface area contributed by atoms with Gasteiger partial charge in [0.05, 0.1) is 0 Å². The van der Waals surface area contributed by atoms with Crippen molar-refractivity contribution in [2.45, 2.75) is 37.6 Å². The van der Waals surface area contributed by atoms with Gasteiger partial charge in [0.25, 0.3) is 0 Å². The van der Waals surface area contributed by atoms with Gasteiger partial charge in [-0.15, -0.1) is 0 Å². The number of piperidine rings is 1. The van der Waals surface area contributed by atoms with Gasteiger partial charge in [-0.25, -0.2) is 4.79 Å². The highest BCUT2D eigenvalue weighted by atomic mass is 35.5. The van der Waals surface area contributed by atoms with Crippen LogP contribution in [-0.2, 0) is 17.6 Å². The third-order valence-corrected chi connectivity index (χ3v) is 9.15. The van der Waals surface area contributed by atoms with Gasteiger partial charge in [-0.1, -0.05) is 60.1 Å². The second-order valence-corrected chi connectivity index (χ2v) is 12.7. The van der Waals surface area contributed by atoms with Crippen LogP contribution in [0.2, 0.25) is 5.02 Å². The molecule has 0 radical (unpaired) electrons. The fraction of sp³-hybridized carbons (Fsp3) is 0.371. The second kappa shape index (κ2) is 12.8. The Bertz CT molecular complexity index is 1580. The van der Waals surface area contributed by atoms with Crippen molar-refractivity contribution in [1.29, 1.82) is 0 Å². The summed E-state index contributed by atoms with van der Waals surface area (Å²) in [5.41, 5.74) is 5.30. The zero-order valence-corrected chi connectivity index (χ0v) is 25.7. The maximum atomic E-state index is 14.5. The van der Waals surface area contributed by atoms with Crippen molar-refractivity contribution in [2.24, 2.45) is 5.92 Å². The Balaban J connectivity index is 1.25. The topological polar surface area (TPSA) is 71.7 Å². The molecule has 0 spiro atoms. The first-order valence-electron chi connectivity index (χ1n) is 15.3. The molecule has 0 saturated carbocycles. The molecule has 3 heterocycles. The van der Waals surface area contributed by atoms with Crippen molar-refractivity contribution in [3.8, 4) is 0 Å². The predicted molar refractivity (Wildman–Crippen MR) is 174 cm³/mol. The molecule has 1 aromatic heterocycles. The molecule has 224 valence electrons. The highest BCUT2D eigenvalue weighted by molar-refractivity contribution is 6.30. The summed E-state index contributed by atoms with van der Waals surface area (Å²) >= 11 is 6.39. The number of nitrogens with zero attached hydrogens (tertiary/aromatic N) is 3. The molecule has 0 bridgehead atoms. The second-order valence-electron chi connectivity index (χ2n) is 12.3. The van der Waals surface area contributed by atoms with Crippen LogP contribution in [-0.4, -0.2) is 73.0 Å². The van der Waals surface area contributed by atoms with Crippen molar-refractivity contribution >= 4 is 40.1 Å². The van der Waals surface area contributed by atoms with E-state index in [1.54, 1.807) is 0 Å². The average molecular weight is 598 g/mol. The number of aromatic amines is 1. The number of likely N-dealkylation sites (tertiary alicyclic amines) is 1. The third-order valence-electron chi connectivity index (χ3n) is 8.92. The van der Waals surface area contributed by atoms with Gasteiger partial charge >= 0.3 is 6.03 Å². The summed E-state index contributed by atoms with van der Waals surface area (Å²) < 4.78 is 0. The number of carbonyl (C=O) groups is 2. The van der Waals surface area contributed by atoms with Crippen molar-refractivity contribution in [3.05, 3.63) is 101 Å². The van der Waals surface area contributed by atoms with E-state index in [4.69, 9.17) is 11.6 Å². The zero-order valence-electron chi connectivity index (χ0n) is 24.9.